The zero-order valence-corrected chi connectivity index (χ0v) is 8.21. The first kappa shape index (κ1) is 9.52. The van der Waals surface area contributed by atoms with Gasteiger partial charge in [-0.3, -0.25) is 4.99 Å². The molecule has 0 unspecified atom stereocenters. The molecule has 0 spiro atoms. The van der Waals surface area contributed by atoms with Crippen LogP contribution in [0.5, 0.6) is 0 Å². The summed E-state index contributed by atoms with van der Waals surface area (Å²) < 4.78 is 5.59. The fourth-order valence-electron chi connectivity index (χ4n) is 1.06. The second kappa shape index (κ2) is 3.90. The number of hydrogen-bond donors (Lipinski definition) is 0. The minimum absolute atomic E-state index is 0.0170. The number of hydrogen-bond acceptors (Lipinski definition) is 3. The molecule has 1 rings (SSSR count). The highest BCUT2D eigenvalue weighted by Crippen LogP contribution is 2.06. The molecular weight excluding hydrogens is 152 g/mol. The van der Waals surface area contributed by atoms with E-state index < -0.39 is 0 Å². The molecule has 0 saturated heterocycles. The van der Waals surface area contributed by atoms with Gasteiger partial charge in [0.2, 0.25) is 0 Å². The topological polar surface area (TPSA) is 24.8 Å². The van der Waals surface area contributed by atoms with Crippen molar-refractivity contribution in [1.82, 2.24) is 4.90 Å². The Morgan fingerprint density at radius 1 is 1.50 bits per heavy atom. The van der Waals surface area contributed by atoms with E-state index in [1.165, 1.54) is 0 Å². The molecule has 0 saturated carbocycles. The summed E-state index contributed by atoms with van der Waals surface area (Å²) in [5.74, 6) is 0. The maximum absolute atomic E-state index is 5.59. The third-order valence-corrected chi connectivity index (χ3v) is 1.67. The van der Waals surface area contributed by atoms with Gasteiger partial charge < -0.3 is 9.64 Å². The molecule has 0 bridgehead atoms. The molecule has 3 nitrogen and oxygen atoms in total. The Kier molecular flexibility index (Phi) is 3.09. The molecule has 0 fully saturated rings. The van der Waals surface area contributed by atoms with E-state index in [2.05, 4.69) is 30.7 Å². The zero-order valence-electron chi connectivity index (χ0n) is 8.21. The van der Waals surface area contributed by atoms with Gasteiger partial charge in [-0.15, -0.1) is 0 Å². The summed E-state index contributed by atoms with van der Waals surface area (Å²) in [6.45, 7) is 9.96. The SMILES string of the molecule is CC(C)(C)OCCN1C=NCC1. The Hall–Kier alpha value is -0.570. The minimum atomic E-state index is -0.0170. The molecule has 0 aromatic carbocycles. The summed E-state index contributed by atoms with van der Waals surface area (Å²) in [6.07, 6.45) is 1.91. The Labute approximate surface area is 74.4 Å². The van der Waals surface area contributed by atoms with Gasteiger partial charge in [-0.25, -0.2) is 0 Å². The Balaban J connectivity index is 2.06. The van der Waals surface area contributed by atoms with Crippen LogP contribution in [0.1, 0.15) is 20.8 Å². The predicted molar refractivity (Wildman–Crippen MR) is 50.6 cm³/mol. The highest BCUT2D eigenvalue weighted by molar-refractivity contribution is 5.56. The van der Waals surface area contributed by atoms with Crippen LogP contribution in [0.25, 0.3) is 0 Å². The van der Waals surface area contributed by atoms with Gasteiger partial charge in [-0.2, -0.15) is 0 Å². The second-order valence-electron chi connectivity index (χ2n) is 4.02. The highest BCUT2D eigenvalue weighted by atomic mass is 16.5. The lowest BCUT2D eigenvalue weighted by atomic mass is 10.2. The van der Waals surface area contributed by atoms with E-state index in [4.69, 9.17) is 4.74 Å². The van der Waals surface area contributed by atoms with Crippen LogP contribution in [0.2, 0.25) is 0 Å². The van der Waals surface area contributed by atoms with Crippen molar-refractivity contribution in [3.05, 3.63) is 0 Å². The Morgan fingerprint density at radius 2 is 2.25 bits per heavy atom. The van der Waals surface area contributed by atoms with Gasteiger partial charge >= 0.3 is 0 Å². The maximum atomic E-state index is 5.59. The van der Waals surface area contributed by atoms with E-state index in [9.17, 15) is 0 Å². The van der Waals surface area contributed by atoms with Gasteiger partial charge in [0.05, 0.1) is 25.1 Å². The van der Waals surface area contributed by atoms with Crippen molar-refractivity contribution in [2.75, 3.05) is 26.2 Å². The molecule has 0 atom stereocenters. The van der Waals surface area contributed by atoms with Crippen LogP contribution in [0, 0.1) is 0 Å². The summed E-state index contributed by atoms with van der Waals surface area (Å²) in [5.41, 5.74) is -0.0170. The van der Waals surface area contributed by atoms with Crippen molar-refractivity contribution in [1.29, 1.82) is 0 Å². The molecule has 0 amide bonds. The fraction of sp³-hybridized carbons (Fsp3) is 0.889. The molecule has 3 heteroatoms. The van der Waals surface area contributed by atoms with E-state index in [-0.39, 0.29) is 5.60 Å². The van der Waals surface area contributed by atoms with Crippen LogP contribution >= 0.6 is 0 Å². The normalized spacial score (nSPS) is 17.4. The van der Waals surface area contributed by atoms with Gasteiger partial charge in [-0.1, -0.05) is 0 Å². The van der Waals surface area contributed by atoms with E-state index in [1.54, 1.807) is 0 Å². The number of nitrogens with zero attached hydrogens (tertiary/aromatic N) is 2. The first-order chi connectivity index (χ1) is 5.58. The molecule has 0 N–H and O–H groups in total. The van der Waals surface area contributed by atoms with Crippen LogP contribution < -0.4 is 0 Å². The summed E-state index contributed by atoms with van der Waals surface area (Å²) in [5, 5.41) is 0. The molecular formula is C9H18N2O. The lowest BCUT2D eigenvalue weighted by molar-refractivity contribution is -0.00653. The molecule has 0 radical (unpaired) electrons. The third kappa shape index (κ3) is 3.72. The first-order valence-electron chi connectivity index (χ1n) is 4.46. The average Bonchev–Trinajstić information content (AvgIpc) is 2.36. The van der Waals surface area contributed by atoms with Crippen molar-refractivity contribution >= 4 is 6.34 Å². The van der Waals surface area contributed by atoms with Crippen LogP contribution in [0.15, 0.2) is 4.99 Å². The fourth-order valence-corrected chi connectivity index (χ4v) is 1.06. The maximum Gasteiger partial charge on any atom is 0.0852 e. The molecule has 12 heavy (non-hydrogen) atoms. The lowest BCUT2D eigenvalue weighted by Crippen LogP contribution is -2.28. The molecule has 1 heterocycles. The summed E-state index contributed by atoms with van der Waals surface area (Å²) in [7, 11) is 0. The molecule has 0 aliphatic carbocycles. The number of ether oxygens (including phenoxy) is 1. The highest BCUT2D eigenvalue weighted by Gasteiger charge is 2.11. The van der Waals surface area contributed by atoms with Crippen LogP contribution in [-0.2, 0) is 4.74 Å². The van der Waals surface area contributed by atoms with Gasteiger partial charge in [0.1, 0.15) is 0 Å². The molecule has 0 aromatic rings. The van der Waals surface area contributed by atoms with E-state index in [0.29, 0.717) is 0 Å². The molecule has 70 valence electrons. The van der Waals surface area contributed by atoms with Crippen molar-refractivity contribution in [2.45, 2.75) is 26.4 Å². The van der Waals surface area contributed by atoms with E-state index in [1.807, 2.05) is 6.34 Å². The van der Waals surface area contributed by atoms with E-state index in [0.717, 1.165) is 26.2 Å². The summed E-state index contributed by atoms with van der Waals surface area (Å²) >= 11 is 0. The van der Waals surface area contributed by atoms with Crippen LogP contribution in [0.4, 0.5) is 0 Å². The summed E-state index contributed by atoms with van der Waals surface area (Å²) in [4.78, 5) is 6.31. The van der Waals surface area contributed by atoms with Crippen molar-refractivity contribution in [3.63, 3.8) is 0 Å². The van der Waals surface area contributed by atoms with Gasteiger partial charge in [-0.05, 0) is 20.8 Å². The molecule has 1 aliphatic heterocycles. The standard InChI is InChI=1S/C9H18N2O/c1-9(2,3)12-7-6-11-5-4-10-8-11/h8H,4-7H2,1-3H3. The van der Waals surface area contributed by atoms with Crippen molar-refractivity contribution in [3.8, 4) is 0 Å². The smallest absolute Gasteiger partial charge is 0.0852 e. The average molecular weight is 170 g/mol. The van der Waals surface area contributed by atoms with Gasteiger partial charge in [0.15, 0.2) is 0 Å². The largest absolute Gasteiger partial charge is 0.374 e. The molecule has 1 aliphatic rings. The Morgan fingerprint density at radius 3 is 2.75 bits per heavy atom. The van der Waals surface area contributed by atoms with Gasteiger partial charge in [0.25, 0.3) is 0 Å². The van der Waals surface area contributed by atoms with Gasteiger partial charge in [0, 0.05) is 13.1 Å². The van der Waals surface area contributed by atoms with Crippen molar-refractivity contribution < 1.29 is 4.74 Å². The molecule has 0 aromatic heterocycles. The quantitative estimate of drug-likeness (QED) is 0.634. The lowest BCUT2D eigenvalue weighted by Gasteiger charge is -2.21. The van der Waals surface area contributed by atoms with Crippen LogP contribution in [0.3, 0.4) is 0 Å². The van der Waals surface area contributed by atoms with Crippen LogP contribution in [-0.4, -0.2) is 43.1 Å². The first-order valence-corrected chi connectivity index (χ1v) is 4.46. The monoisotopic (exact) mass is 170 g/mol. The van der Waals surface area contributed by atoms with Crippen molar-refractivity contribution in [2.24, 2.45) is 4.99 Å². The third-order valence-electron chi connectivity index (χ3n) is 1.67. The van der Waals surface area contributed by atoms with E-state index >= 15 is 0 Å². The Bertz CT molecular complexity index is 160. The summed E-state index contributed by atoms with van der Waals surface area (Å²) in [6, 6.07) is 0. The zero-order chi connectivity index (χ0) is 9.03. The number of aliphatic imine (C=N–C) groups is 1. The second-order valence-corrected chi connectivity index (χ2v) is 4.02. The number of rotatable bonds is 3. The minimum Gasteiger partial charge on any atom is -0.374 e. The predicted octanol–water partition coefficient (Wildman–Crippen LogP) is 1.15.